The molecule has 6 heteroatoms. The first-order chi connectivity index (χ1) is 11.6. The molecule has 0 unspecified atom stereocenters. The van der Waals surface area contributed by atoms with E-state index in [4.69, 9.17) is 10.00 Å². The number of hydrogen-bond donors (Lipinski definition) is 2. The number of carbonyl (C=O) groups excluding carboxylic acids is 1. The molecule has 1 aromatic carbocycles. The van der Waals surface area contributed by atoms with Crippen molar-refractivity contribution in [1.82, 2.24) is 9.88 Å². The predicted molar refractivity (Wildman–Crippen MR) is 91.0 cm³/mol. The number of benzene rings is 1. The molecule has 1 aromatic heterocycles. The van der Waals surface area contributed by atoms with Crippen molar-refractivity contribution in [1.29, 1.82) is 5.26 Å². The minimum absolute atomic E-state index is 0.255. The SMILES string of the molecule is CN1CCC(Oc2ccc(NC(=O)c3cc(C#N)c[nH]3)cc2)CC1. The summed E-state index contributed by atoms with van der Waals surface area (Å²) in [5, 5.41) is 11.6. The maximum atomic E-state index is 12.1. The molecule has 1 amide bonds. The highest BCUT2D eigenvalue weighted by Gasteiger charge is 2.18. The van der Waals surface area contributed by atoms with Crippen molar-refractivity contribution < 1.29 is 9.53 Å². The van der Waals surface area contributed by atoms with Gasteiger partial charge in [0.25, 0.3) is 5.91 Å². The van der Waals surface area contributed by atoms with Gasteiger partial charge in [-0.15, -0.1) is 0 Å². The number of anilines is 1. The van der Waals surface area contributed by atoms with E-state index in [0.717, 1.165) is 31.7 Å². The number of carbonyl (C=O) groups is 1. The van der Waals surface area contributed by atoms with Crippen molar-refractivity contribution >= 4 is 11.6 Å². The molecule has 3 rings (SSSR count). The van der Waals surface area contributed by atoms with E-state index >= 15 is 0 Å². The third-order valence-electron chi connectivity index (χ3n) is 4.14. The lowest BCUT2D eigenvalue weighted by atomic mass is 10.1. The maximum Gasteiger partial charge on any atom is 0.272 e. The van der Waals surface area contributed by atoms with Crippen LogP contribution in [0, 0.1) is 11.3 Å². The van der Waals surface area contributed by atoms with E-state index in [2.05, 4.69) is 22.2 Å². The van der Waals surface area contributed by atoms with Gasteiger partial charge in [-0.25, -0.2) is 0 Å². The highest BCUT2D eigenvalue weighted by Crippen LogP contribution is 2.21. The summed E-state index contributed by atoms with van der Waals surface area (Å²) in [6, 6.07) is 10.9. The summed E-state index contributed by atoms with van der Waals surface area (Å²) in [4.78, 5) is 17.2. The summed E-state index contributed by atoms with van der Waals surface area (Å²) >= 11 is 0. The second kappa shape index (κ2) is 7.20. The number of rotatable bonds is 4. The Hall–Kier alpha value is -2.78. The molecule has 6 nitrogen and oxygen atoms in total. The zero-order valence-corrected chi connectivity index (χ0v) is 13.6. The van der Waals surface area contributed by atoms with Crippen LogP contribution >= 0.6 is 0 Å². The molecule has 2 N–H and O–H groups in total. The normalized spacial score (nSPS) is 15.7. The molecule has 2 heterocycles. The number of hydrogen-bond acceptors (Lipinski definition) is 4. The predicted octanol–water partition coefficient (Wildman–Crippen LogP) is 2.61. The van der Waals surface area contributed by atoms with Gasteiger partial charge in [-0.3, -0.25) is 4.79 Å². The number of amides is 1. The van der Waals surface area contributed by atoms with Gasteiger partial charge in [0.1, 0.15) is 23.6 Å². The Morgan fingerprint density at radius 3 is 2.67 bits per heavy atom. The Kier molecular flexibility index (Phi) is 4.82. The van der Waals surface area contributed by atoms with Gasteiger partial charge in [0.15, 0.2) is 0 Å². The van der Waals surface area contributed by atoms with Crippen LogP contribution < -0.4 is 10.1 Å². The van der Waals surface area contributed by atoms with E-state index < -0.39 is 0 Å². The number of piperidine rings is 1. The second-order valence-corrected chi connectivity index (χ2v) is 6.01. The van der Waals surface area contributed by atoms with Crippen LogP contribution in [-0.4, -0.2) is 42.0 Å². The van der Waals surface area contributed by atoms with E-state index in [0.29, 0.717) is 16.9 Å². The highest BCUT2D eigenvalue weighted by atomic mass is 16.5. The average Bonchev–Trinajstić information content (AvgIpc) is 3.08. The van der Waals surface area contributed by atoms with Crippen LogP contribution in [0.15, 0.2) is 36.5 Å². The summed E-state index contributed by atoms with van der Waals surface area (Å²) in [6.45, 7) is 2.11. The number of aromatic nitrogens is 1. The summed E-state index contributed by atoms with van der Waals surface area (Å²) < 4.78 is 5.98. The lowest BCUT2D eigenvalue weighted by Gasteiger charge is -2.29. The minimum atomic E-state index is -0.277. The molecule has 0 bridgehead atoms. The Morgan fingerprint density at radius 2 is 2.04 bits per heavy atom. The minimum Gasteiger partial charge on any atom is -0.490 e. The van der Waals surface area contributed by atoms with Crippen molar-refractivity contribution in [2.24, 2.45) is 0 Å². The Labute approximate surface area is 141 Å². The summed E-state index contributed by atoms with van der Waals surface area (Å²) in [6.07, 6.45) is 3.82. The Bertz CT molecular complexity index is 737. The molecule has 124 valence electrons. The smallest absolute Gasteiger partial charge is 0.272 e. The van der Waals surface area contributed by atoms with Gasteiger partial charge in [0.2, 0.25) is 0 Å². The number of ether oxygens (including phenoxy) is 1. The quantitative estimate of drug-likeness (QED) is 0.906. The van der Waals surface area contributed by atoms with Crippen molar-refractivity contribution in [3.05, 3.63) is 47.8 Å². The molecule has 1 aliphatic heterocycles. The number of nitrogens with one attached hydrogen (secondary N) is 2. The second-order valence-electron chi connectivity index (χ2n) is 6.01. The first-order valence-electron chi connectivity index (χ1n) is 7.99. The summed E-state index contributed by atoms with van der Waals surface area (Å²) in [5.74, 6) is 0.537. The van der Waals surface area contributed by atoms with Crippen LogP contribution in [0.25, 0.3) is 0 Å². The van der Waals surface area contributed by atoms with Crippen LogP contribution in [-0.2, 0) is 0 Å². The lowest BCUT2D eigenvalue weighted by molar-refractivity contribution is 0.102. The van der Waals surface area contributed by atoms with E-state index in [9.17, 15) is 4.79 Å². The zero-order chi connectivity index (χ0) is 16.9. The molecule has 0 spiro atoms. The number of aromatic amines is 1. The molecule has 1 saturated heterocycles. The van der Waals surface area contributed by atoms with Crippen LogP contribution in [0.4, 0.5) is 5.69 Å². The largest absolute Gasteiger partial charge is 0.490 e. The summed E-state index contributed by atoms with van der Waals surface area (Å²) in [7, 11) is 2.12. The van der Waals surface area contributed by atoms with Crippen molar-refractivity contribution in [3.8, 4) is 11.8 Å². The van der Waals surface area contributed by atoms with Gasteiger partial charge in [0.05, 0.1) is 5.56 Å². The molecule has 0 aliphatic carbocycles. The van der Waals surface area contributed by atoms with Gasteiger partial charge in [0, 0.05) is 25.0 Å². The highest BCUT2D eigenvalue weighted by molar-refractivity contribution is 6.03. The molecule has 0 saturated carbocycles. The molecule has 0 atom stereocenters. The first kappa shape index (κ1) is 16.1. The fourth-order valence-electron chi connectivity index (χ4n) is 2.70. The van der Waals surface area contributed by atoms with Crippen molar-refractivity contribution in [2.75, 3.05) is 25.5 Å². The molecular weight excluding hydrogens is 304 g/mol. The maximum absolute atomic E-state index is 12.1. The lowest BCUT2D eigenvalue weighted by Crippen LogP contribution is -2.35. The number of likely N-dealkylation sites (tertiary alicyclic amines) is 1. The first-order valence-corrected chi connectivity index (χ1v) is 7.99. The standard InChI is InChI=1S/C18H20N4O2/c1-22-8-6-16(7-9-22)24-15-4-2-14(3-5-15)21-18(23)17-10-13(11-19)12-20-17/h2-5,10,12,16,20H,6-9H2,1H3,(H,21,23). The van der Waals surface area contributed by atoms with Crippen LogP contribution in [0.5, 0.6) is 5.75 Å². The van der Waals surface area contributed by atoms with Gasteiger partial charge < -0.3 is 19.9 Å². The van der Waals surface area contributed by atoms with Gasteiger partial charge in [-0.2, -0.15) is 5.26 Å². The molecule has 1 fully saturated rings. The van der Waals surface area contributed by atoms with Gasteiger partial charge >= 0.3 is 0 Å². The van der Waals surface area contributed by atoms with E-state index in [-0.39, 0.29) is 12.0 Å². The zero-order valence-electron chi connectivity index (χ0n) is 13.6. The summed E-state index contributed by atoms with van der Waals surface area (Å²) in [5.41, 5.74) is 1.48. The fourth-order valence-corrected chi connectivity index (χ4v) is 2.70. The average molecular weight is 324 g/mol. The number of H-pyrrole nitrogens is 1. The Morgan fingerprint density at radius 1 is 1.33 bits per heavy atom. The monoisotopic (exact) mass is 324 g/mol. The molecule has 24 heavy (non-hydrogen) atoms. The van der Waals surface area contributed by atoms with Gasteiger partial charge in [-0.05, 0) is 50.2 Å². The van der Waals surface area contributed by atoms with E-state index in [1.54, 1.807) is 0 Å². The molecule has 1 aliphatic rings. The number of nitriles is 1. The van der Waals surface area contributed by atoms with E-state index in [1.165, 1.54) is 12.3 Å². The molecular formula is C18H20N4O2. The Balaban J connectivity index is 1.56. The molecule has 0 radical (unpaired) electrons. The number of nitrogens with zero attached hydrogens (tertiary/aromatic N) is 2. The third-order valence-corrected chi connectivity index (χ3v) is 4.14. The van der Waals surface area contributed by atoms with Crippen molar-refractivity contribution in [2.45, 2.75) is 18.9 Å². The van der Waals surface area contributed by atoms with Crippen molar-refractivity contribution in [3.63, 3.8) is 0 Å². The van der Waals surface area contributed by atoms with Crippen LogP contribution in [0.2, 0.25) is 0 Å². The fraction of sp³-hybridized carbons (Fsp3) is 0.333. The van der Waals surface area contributed by atoms with E-state index in [1.807, 2.05) is 30.3 Å². The van der Waals surface area contributed by atoms with Gasteiger partial charge in [-0.1, -0.05) is 0 Å². The third kappa shape index (κ3) is 3.94. The van der Waals surface area contributed by atoms with Crippen LogP contribution in [0.1, 0.15) is 28.9 Å². The van der Waals surface area contributed by atoms with Crippen LogP contribution in [0.3, 0.4) is 0 Å². The molecule has 2 aromatic rings. The topological polar surface area (TPSA) is 81.2 Å².